The Balaban J connectivity index is 1.43. The lowest BCUT2D eigenvalue weighted by molar-refractivity contribution is 0.252. The Morgan fingerprint density at radius 3 is 2.77 bits per heavy atom. The van der Waals surface area contributed by atoms with E-state index in [1.807, 2.05) is 24.3 Å². The van der Waals surface area contributed by atoms with E-state index in [0.717, 1.165) is 12.1 Å². The number of amides is 2. The normalized spacial score (nSPS) is 14.9. The summed E-state index contributed by atoms with van der Waals surface area (Å²) in [5, 5.41) is 12.9. The topological polar surface area (TPSA) is 69.8 Å². The Hall–Kier alpha value is -2.30. The quantitative estimate of drug-likeness (QED) is 0.791. The second-order valence-electron chi connectivity index (χ2n) is 5.80. The smallest absolute Gasteiger partial charge is 0.320 e. The van der Waals surface area contributed by atoms with E-state index >= 15 is 0 Å². The van der Waals surface area contributed by atoms with Gasteiger partial charge in [-0.1, -0.05) is 43.2 Å². The van der Waals surface area contributed by atoms with E-state index in [-0.39, 0.29) is 6.03 Å². The third-order valence-corrected chi connectivity index (χ3v) is 4.16. The molecule has 1 aromatic carbocycles. The van der Waals surface area contributed by atoms with Crippen molar-refractivity contribution in [1.82, 2.24) is 15.5 Å². The van der Waals surface area contributed by atoms with Crippen molar-refractivity contribution in [2.75, 3.05) is 11.9 Å². The van der Waals surface area contributed by atoms with Crippen LogP contribution >= 0.6 is 0 Å². The zero-order chi connectivity index (χ0) is 15.2. The standard InChI is InChI=1S/C17H22N4O/c22-17(18-11-10-13-6-2-1-3-7-13)19-16-12-15(20-21-16)14-8-4-5-9-14/h1-3,6-7,12,14H,4-5,8-11H2,(H3,18,19,20,21,22). The summed E-state index contributed by atoms with van der Waals surface area (Å²) in [6.07, 6.45) is 5.78. The number of nitrogens with zero attached hydrogens (tertiary/aromatic N) is 1. The van der Waals surface area contributed by atoms with Gasteiger partial charge in [-0.05, 0) is 24.8 Å². The fraction of sp³-hybridized carbons (Fsp3) is 0.412. The van der Waals surface area contributed by atoms with Crippen LogP contribution in [0.1, 0.15) is 42.9 Å². The molecular weight excluding hydrogens is 276 g/mol. The molecule has 5 nitrogen and oxygen atoms in total. The Kier molecular flexibility index (Phi) is 4.73. The molecule has 3 N–H and O–H groups in total. The number of anilines is 1. The van der Waals surface area contributed by atoms with Gasteiger partial charge in [-0.2, -0.15) is 5.10 Å². The molecule has 0 unspecified atom stereocenters. The van der Waals surface area contributed by atoms with E-state index in [0.29, 0.717) is 18.3 Å². The van der Waals surface area contributed by atoms with E-state index in [4.69, 9.17) is 0 Å². The number of carbonyl (C=O) groups excluding carboxylic acids is 1. The summed E-state index contributed by atoms with van der Waals surface area (Å²) in [6, 6.07) is 11.9. The molecule has 1 aliphatic rings. The predicted octanol–water partition coefficient (Wildman–Crippen LogP) is 3.43. The van der Waals surface area contributed by atoms with E-state index in [9.17, 15) is 4.79 Å². The number of carbonyl (C=O) groups is 1. The van der Waals surface area contributed by atoms with Gasteiger partial charge in [-0.15, -0.1) is 0 Å². The summed E-state index contributed by atoms with van der Waals surface area (Å²) in [6.45, 7) is 0.611. The molecule has 22 heavy (non-hydrogen) atoms. The minimum Gasteiger partial charge on any atom is -0.337 e. The lowest BCUT2D eigenvalue weighted by Crippen LogP contribution is -2.30. The Morgan fingerprint density at radius 2 is 2.00 bits per heavy atom. The molecule has 1 fully saturated rings. The minimum atomic E-state index is -0.197. The maximum atomic E-state index is 11.9. The van der Waals surface area contributed by atoms with Gasteiger partial charge < -0.3 is 5.32 Å². The molecule has 5 heteroatoms. The van der Waals surface area contributed by atoms with Crippen molar-refractivity contribution in [2.24, 2.45) is 0 Å². The van der Waals surface area contributed by atoms with E-state index in [2.05, 4.69) is 33.0 Å². The predicted molar refractivity (Wildman–Crippen MR) is 87.0 cm³/mol. The van der Waals surface area contributed by atoms with Crippen LogP contribution in [-0.2, 0) is 6.42 Å². The number of aromatic amines is 1. The summed E-state index contributed by atoms with van der Waals surface area (Å²) in [4.78, 5) is 11.9. The maximum Gasteiger partial charge on any atom is 0.320 e. The van der Waals surface area contributed by atoms with Crippen LogP contribution in [0.15, 0.2) is 36.4 Å². The number of H-pyrrole nitrogens is 1. The molecule has 2 aromatic rings. The average Bonchev–Trinajstić information content (AvgIpc) is 3.19. The van der Waals surface area contributed by atoms with Crippen LogP contribution in [0.25, 0.3) is 0 Å². The van der Waals surface area contributed by atoms with E-state index < -0.39 is 0 Å². The highest BCUT2D eigenvalue weighted by atomic mass is 16.2. The second-order valence-corrected chi connectivity index (χ2v) is 5.80. The molecule has 0 spiro atoms. The average molecular weight is 298 g/mol. The van der Waals surface area contributed by atoms with Crippen molar-refractivity contribution in [2.45, 2.75) is 38.0 Å². The van der Waals surface area contributed by atoms with Crippen molar-refractivity contribution in [3.63, 3.8) is 0 Å². The Morgan fingerprint density at radius 1 is 1.23 bits per heavy atom. The Bertz CT molecular complexity index is 602. The number of urea groups is 1. The van der Waals surface area contributed by atoms with E-state index in [1.54, 1.807) is 0 Å². The molecular formula is C17H22N4O. The first-order chi connectivity index (χ1) is 10.8. The number of nitrogens with one attached hydrogen (secondary N) is 3. The highest BCUT2D eigenvalue weighted by Gasteiger charge is 2.19. The van der Waals surface area contributed by atoms with Gasteiger partial charge >= 0.3 is 6.03 Å². The first-order valence-electron chi connectivity index (χ1n) is 7.95. The number of hydrogen-bond acceptors (Lipinski definition) is 2. The van der Waals surface area contributed by atoms with Gasteiger partial charge in [-0.3, -0.25) is 10.4 Å². The van der Waals surface area contributed by atoms with Gasteiger partial charge in [0.2, 0.25) is 0 Å². The summed E-state index contributed by atoms with van der Waals surface area (Å²) in [7, 11) is 0. The molecule has 0 aliphatic heterocycles. The monoisotopic (exact) mass is 298 g/mol. The van der Waals surface area contributed by atoms with Crippen molar-refractivity contribution >= 4 is 11.8 Å². The van der Waals surface area contributed by atoms with Crippen LogP contribution in [-0.4, -0.2) is 22.8 Å². The highest BCUT2D eigenvalue weighted by Crippen LogP contribution is 2.33. The highest BCUT2D eigenvalue weighted by molar-refractivity contribution is 5.88. The summed E-state index contributed by atoms with van der Waals surface area (Å²) in [5.41, 5.74) is 2.28. The van der Waals surface area contributed by atoms with Gasteiger partial charge in [0, 0.05) is 18.5 Å². The van der Waals surface area contributed by atoms with Gasteiger partial charge in [0.05, 0.1) is 5.69 Å². The Labute approximate surface area is 130 Å². The van der Waals surface area contributed by atoms with Crippen LogP contribution in [0, 0.1) is 0 Å². The van der Waals surface area contributed by atoms with Crippen LogP contribution in [0.2, 0.25) is 0 Å². The number of hydrogen-bond donors (Lipinski definition) is 3. The van der Waals surface area contributed by atoms with Gasteiger partial charge in [0.1, 0.15) is 5.82 Å². The molecule has 1 heterocycles. The molecule has 0 atom stereocenters. The lowest BCUT2D eigenvalue weighted by Gasteiger charge is -2.06. The third kappa shape index (κ3) is 3.87. The third-order valence-electron chi connectivity index (χ3n) is 4.16. The molecule has 2 amide bonds. The van der Waals surface area contributed by atoms with Crippen LogP contribution < -0.4 is 10.6 Å². The van der Waals surface area contributed by atoms with Crippen LogP contribution in [0.4, 0.5) is 10.6 Å². The van der Waals surface area contributed by atoms with Gasteiger partial charge in [0.25, 0.3) is 0 Å². The molecule has 0 bridgehead atoms. The van der Waals surface area contributed by atoms with Crippen LogP contribution in [0.3, 0.4) is 0 Å². The molecule has 116 valence electrons. The zero-order valence-corrected chi connectivity index (χ0v) is 12.6. The first kappa shape index (κ1) is 14.6. The fourth-order valence-corrected chi connectivity index (χ4v) is 2.96. The summed E-state index contributed by atoms with van der Waals surface area (Å²) < 4.78 is 0. The SMILES string of the molecule is O=C(NCCc1ccccc1)Nc1cc(C2CCCC2)n[nH]1. The first-order valence-corrected chi connectivity index (χ1v) is 7.95. The second kappa shape index (κ2) is 7.11. The zero-order valence-electron chi connectivity index (χ0n) is 12.6. The summed E-state index contributed by atoms with van der Waals surface area (Å²) in [5.74, 6) is 1.21. The number of rotatable bonds is 5. The van der Waals surface area contributed by atoms with E-state index in [1.165, 1.54) is 31.2 Å². The minimum absolute atomic E-state index is 0.197. The molecule has 1 aromatic heterocycles. The molecule has 0 radical (unpaired) electrons. The van der Waals surface area contributed by atoms with Crippen molar-refractivity contribution in [3.8, 4) is 0 Å². The number of benzene rings is 1. The summed E-state index contributed by atoms with van der Waals surface area (Å²) >= 11 is 0. The number of aromatic nitrogens is 2. The largest absolute Gasteiger partial charge is 0.337 e. The molecule has 1 saturated carbocycles. The maximum absolute atomic E-state index is 11.9. The van der Waals surface area contributed by atoms with Crippen molar-refractivity contribution in [3.05, 3.63) is 47.7 Å². The fourth-order valence-electron chi connectivity index (χ4n) is 2.96. The lowest BCUT2D eigenvalue weighted by atomic mass is 10.0. The molecule has 1 aliphatic carbocycles. The van der Waals surface area contributed by atoms with Crippen molar-refractivity contribution in [1.29, 1.82) is 0 Å². The van der Waals surface area contributed by atoms with Crippen molar-refractivity contribution < 1.29 is 4.79 Å². The van der Waals surface area contributed by atoms with Gasteiger partial charge in [-0.25, -0.2) is 4.79 Å². The molecule has 3 rings (SSSR count). The molecule has 0 saturated heterocycles. The van der Waals surface area contributed by atoms with Gasteiger partial charge in [0.15, 0.2) is 0 Å². The van der Waals surface area contributed by atoms with Crippen LogP contribution in [0.5, 0.6) is 0 Å².